The van der Waals surface area contributed by atoms with E-state index in [1.807, 2.05) is 0 Å². The second kappa shape index (κ2) is 8.18. The highest BCUT2D eigenvalue weighted by Crippen LogP contribution is 2.45. The van der Waals surface area contributed by atoms with E-state index in [1.54, 1.807) is 0 Å². The number of likely N-dealkylation sites (tertiary alicyclic amines) is 2. The summed E-state index contributed by atoms with van der Waals surface area (Å²) in [7, 11) is 2.22. The molecule has 1 amide bonds. The van der Waals surface area contributed by atoms with Crippen LogP contribution in [0.2, 0.25) is 0 Å². The van der Waals surface area contributed by atoms with Gasteiger partial charge in [0.05, 0.1) is 6.61 Å². The maximum absolute atomic E-state index is 12.3. The van der Waals surface area contributed by atoms with Gasteiger partial charge in [-0.1, -0.05) is 0 Å². The maximum atomic E-state index is 12.3. The van der Waals surface area contributed by atoms with Gasteiger partial charge in [-0.2, -0.15) is 13.2 Å². The third-order valence-electron chi connectivity index (χ3n) is 6.22. The van der Waals surface area contributed by atoms with Gasteiger partial charge in [0.1, 0.15) is 0 Å². The van der Waals surface area contributed by atoms with Crippen LogP contribution in [0.25, 0.3) is 0 Å². The monoisotopic (exact) mass is 406 g/mol. The summed E-state index contributed by atoms with van der Waals surface area (Å²) < 4.78 is 37.7. The molecule has 2 saturated heterocycles. The Morgan fingerprint density at radius 1 is 1.14 bits per heavy atom. The molecule has 4 aliphatic rings. The van der Waals surface area contributed by atoms with Crippen molar-refractivity contribution in [3.63, 3.8) is 0 Å². The fourth-order valence-corrected chi connectivity index (χ4v) is 4.33. The Hall–Kier alpha value is -1.35. The third-order valence-corrected chi connectivity index (χ3v) is 6.22. The van der Waals surface area contributed by atoms with Crippen LogP contribution in [0.5, 0.6) is 0 Å². The molecular formula is C19H29F3N2O4. The second-order valence-electron chi connectivity index (χ2n) is 8.82. The molecule has 2 aliphatic heterocycles. The zero-order valence-electron chi connectivity index (χ0n) is 16.2. The molecule has 4 rings (SSSR count). The predicted molar refractivity (Wildman–Crippen MR) is 94.6 cm³/mol. The molecule has 0 bridgehead atoms. The summed E-state index contributed by atoms with van der Waals surface area (Å²) in [6.45, 7) is 6.08. The van der Waals surface area contributed by atoms with E-state index in [4.69, 9.17) is 14.6 Å². The number of rotatable bonds is 5. The molecule has 0 unspecified atom stereocenters. The van der Waals surface area contributed by atoms with Gasteiger partial charge in [0, 0.05) is 50.0 Å². The van der Waals surface area contributed by atoms with E-state index in [1.165, 1.54) is 19.3 Å². The standard InChI is InChI=1S/C17H28N2O2.C2HF3O2/c1-18-8-15(10-21-9-13-2-3-13)17(11-18)6-7-19(12-17)16(20)14-4-5-14;3-2(4,5)1(6)7/h13-15H,2-12H2,1H3;(H,6,7)/t15-,17+;/m0./s1. The van der Waals surface area contributed by atoms with Gasteiger partial charge in [0.15, 0.2) is 0 Å². The van der Waals surface area contributed by atoms with Crippen molar-refractivity contribution in [2.24, 2.45) is 23.2 Å². The lowest BCUT2D eigenvalue weighted by Gasteiger charge is -2.30. The van der Waals surface area contributed by atoms with Crippen LogP contribution in [0.15, 0.2) is 0 Å². The Kier molecular flexibility index (Phi) is 6.24. The molecule has 6 nitrogen and oxygen atoms in total. The first-order valence-electron chi connectivity index (χ1n) is 9.96. The van der Waals surface area contributed by atoms with Crippen LogP contribution in [0, 0.1) is 23.2 Å². The van der Waals surface area contributed by atoms with Crippen molar-refractivity contribution in [1.82, 2.24) is 9.80 Å². The summed E-state index contributed by atoms with van der Waals surface area (Å²) in [5.74, 6) is -0.509. The molecule has 28 heavy (non-hydrogen) atoms. The number of amides is 1. The first-order chi connectivity index (χ1) is 13.1. The van der Waals surface area contributed by atoms with Crippen molar-refractivity contribution < 1.29 is 32.6 Å². The number of alkyl halides is 3. The SMILES string of the molecule is CN1C[C@@H](COCC2CC2)[C@]2(CCN(C(=O)C3CC3)C2)C1.O=C(O)C(F)(F)F. The average molecular weight is 406 g/mol. The van der Waals surface area contributed by atoms with Crippen LogP contribution in [-0.4, -0.2) is 79.4 Å². The first kappa shape index (κ1) is 21.4. The fraction of sp³-hybridized carbons (Fsp3) is 0.895. The Morgan fingerprint density at radius 2 is 1.79 bits per heavy atom. The Bertz CT molecular complexity index is 592. The lowest BCUT2D eigenvalue weighted by Crippen LogP contribution is -2.38. The predicted octanol–water partition coefficient (Wildman–Crippen LogP) is 2.24. The molecule has 2 saturated carbocycles. The number of ether oxygens (including phenoxy) is 1. The van der Waals surface area contributed by atoms with E-state index in [9.17, 15) is 18.0 Å². The Labute approximate surface area is 163 Å². The van der Waals surface area contributed by atoms with Crippen LogP contribution in [0.1, 0.15) is 32.1 Å². The Balaban J connectivity index is 0.000000279. The van der Waals surface area contributed by atoms with E-state index in [0.717, 1.165) is 58.2 Å². The summed E-state index contributed by atoms with van der Waals surface area (Å²) in [6, 6.07) is 0. The maximum Gasteiger partial charge on any atom is 0.490 e. The van der Waals surface area contributed by atoms with Crippen molar-refractivity contribution in [3.05, 3.63) is 0 Å². The minimum atomic E-state index is -5.08. The molecular weight excluding hydrogens is 377 g/mol. The summed E-state index contributed by atoms with van der Waals surface area (Å²) in [4.78, 5) is 25.8. The number of carbonyl (C=O) groups excluding carboxylic acids is 1. The summed E-state index contributed by atoms with van der Waals surface area (Å²) in [5.41, 5.74) is 0.308. The number of hydrogen-bond donors (Lipinski definition) is 1. The molecule has 2 heterocycles. The third kappa shape index (κ3) is 5.37. The van der Waals surface area contributed by atoms with Crippen LogP contribution in [-0.2, 0) is 14.3 Å². The molecule has 1 spiro atoms. The topological polar surface area (TPSA) is 70.1 Å². The van der Waals surface area contributed by atoms with Gasteiger partial charge in [-0.05, 0) is 45.1 Å². The lowest BCUT2D eigenvalue weighted by molar-refractivity contribution is -0.192. The van der Waals surface area contributed by atoms with E-state index in [2.05, 4.69) is 16.8 Å². The minimum absolute atomic E-state index is 0.308. The molecule has 9 heteroatoms. The van der Waals surface area contributed by atoms with E-state index >= 15 is 0 Å². The molecule has 160 valence electrons. The van der Waals surface area contributed by atoms with Crippen molar-refractivity contribution in [2.45, 2.75) is 38.3 Å². The number of nitrogens with zero attached hydrogens (tertiary/aromatic N) is 2. The number of aliphatic carboxylic acids is 1. The summed E-state index contributed by atoms with van der Waals surface area (Å²) >= 11 is 0. The Morgan fingerprint density at radius 3 is 2.32 bits per heavy atom. The highest BCUT2D eigenvalue weighted by molar-refractivity contribution is 5.81. The molecule has 0 aromatic rings. The van der Waals surface area contributed by atoms with Gasteiger partial charge in [-0.25, -0.2) is 4.79 Å². The van der Waals surface area contributed by atoms with Crippen LogP contribution < -0.4 is 0 Å². The fourth-order valence-electron chi connectivity index (χ4n) is 4.33. The lowest BCUT2D eigenvalue weighted by atomic mass is 9.77. The smallest absolute Gasteiger partial charge is 0.475 e. The summed E-state index contributed by atoms with van der Waals surface area (Å²) in [5, 5.41) is 7.12. The molecule has 0 radical (unpaired) electrons. The van der Waals surface area contributed by atoms with Crippen LogP contribution >= 0.6 is 0 Å². The summed E-state index contributed by atoms with van der Waals surface area (Å²) in [6.07, 6.45) is 1.05. The number of carboxylic acid groups (broad SMARTS) is 1. The first-order valence-corrected chi connectivity index (χ1v) is 9.96. The second-order valence-corrected chi connectivity index (χ2v) is 8.82. The van der Waals surface area contributed by atoms with Gasteiger partial charge in [-0.15, -0.1) is 0 Å². The number of carboxylic acids is 1. The molecule has 0 aromatic heterocycles. The molecule has 1 N–H and O–H groups in total. The highest BCUT2D eigenvalue weighted by Gasteiger charge is 2.51. The van der Waals surface area contributed by atoms with E-state index in [-0.39, 0.29) is 0 Å². The molecule has 4 fully saturated rings. The van der Waals surface area contributed by atoms with Gasteiger partial charge in [0.2, 0.25) is 5.91 Å². The largest absolute Gasteiger partial charge is 0.490 e. The number of hydrogen-bond acceptors (Lipinski definition) is 4. The minimum Gasteiger partial charge on any atom is -0.475 e. The molecule has 2 aliphatic carbocycles. The normalized spacial score (nSPS) is 30.4. The van der Waals surface area contributed by atoms with Crippen molar-refractivity contribution in [2.75, 3.05) is 46.4 Å². The molecule has 0 aromatic carbocycles. The van der Waals surface area contributed by atoms with E-state index < -0.39 is 12.1 Å². The van der Waals surface area contributed by atoms with Crippen LogP contribution in [0.4, 0.5) is 13.2 Å². The van der Waals surface area contributed by atoms with Gasteiger partial charge in [-0.3, -0.25) is 4.79 Å². The highest BCUT2D eigenvalue weighted by atomic mass is 19.4. The zero-order valence-corrected chi connectivity index (χ0v) is 16.2. The van der Waals surface area contributed by atoms with Gasteiger partial charge < -0.3 is 19.6 Å². The number of carbonyl (C=O) groups is 2. The van der Waals surface area contributed by atoms with E-state index in [0.29, 0.717) is 23.2 Å². The molecule has 2 atom stereocenters. The van der Waals surface area contributed by atoms with Crippen molar-refractivity contribution in [3.8, 4) is 0 Å². The van der Waals surface area contributed by atoms with Gasteiger partial charge in [0.25, 0.3) is 0 Å². The van der Waals surface area contributed by atoms with Crippen molar-refractivity contribution >= 4 is 11.9 Å². The average Bonchev–Trinajstić information content (AvgIpc) is 3.52. The van der Waals surface area contributed by atoms with Crippen LogP contribution in [0.3, 0.4) is 0 Å². The van der Waals surface area contributed by atoms with Gasteiger partial charge >= 0.3 is 12.1 Å². The quantitative estimate of drug-likeness (QED) is 0.758. The van der Waals surface area contributed by atoms with Crippen molar-refractivity contribution in [1.29, 1.82) is 0 Å². The zero-order chi connectivity index (χ0) is 20.5. The number of halogens is 3.